The summed E-state index contributed by atoms with van der Waals surface area (Å²) in [6.07, 6.45) is -1.35. The Bertz CT molecular complexity index is 2150. The van der Waals surface area contributed by atoms with E-state index in [4.69, 9.17) is 11.6 Å². The highest BCUT2D eigenvalue weighted by atomic mass is 35.5. The number of hydrogen-bond acceptors (Lipinski definition) is 6. The van der Waals surface area contributed by atoms with Crippen molar-refractivity contribution in [3.8, 4) is 11.8 Å². The molecule has 1 aliphatic heterocycles. The molecule has 1 aliphatic rings. The lowest BCUT2D eigenvalue weighted by Gasteiger charge is -2.26. The van der Waals surface area contributed by atoms with Gasteiger partial charge in [-0.1, -0.05) is 36.2 Å². The van der Waals surface area contributed by atoms with E-state index in [0.717, 1.165) is 35.3 Å². The van der Waals surface area contributed by atoms with Crippen LogP contribution in [0.2, 0.25) is 5.02 Å². The maximum atomic E-state index is 14.6. The summed E-state index contributed by atoms with van der Waals surface area (Å²) in [6.45, 7) is 0.711. The summed E-state index contributed by atoms with van der Waals surface area (Å²) < 4.78 is 83.2. The fourth-order valence-corrected chi connectivity index (χ4v) is 7.73. The van der Waals surface area contributed by atoms with Crippen molar-refractivity contribution in [2.45, 2.75) is 30.3 Å². The minimum atomic E-state index is -4.77. The Morgan fingerprint density at radius 1 is 1.02 bits per heavy atom. The van der Waals surface area contributed by atoms with E-state index in [-0.39, 0.29) is 36.1 Å². The third kappa shape index (κ3) is 6.78. The minimum absolute atomic E-state index is 0.0188. The standard InChI is InChI=1S/C31H23ClF4N4O4S2/c32-25-11-6-12-26(33)23(25)17-27-29(42)40(21-9-4-7-19(15-21)31(34,35)36)30(45-27)24(18-37)28(41)38-20-8-5-10-22(16-20)46(43,44)39-13-2-1-3-14-39/h4-12,15-17H,1-3,13-14H2,(H,38,41). The van der Waals surface area contributed by atoms with E-state index >= 15 is 0 Å². The first-order valence-electron chi connectivity index (χ1n) is 13.7. The van der Waals surface area contributed by atoms with Gasteiger partial charge in [0.2, 0.25) is 10.0 Å². The molecule has 8 nitrogen and oxygen atoms in total. The van der Waals surface area contributed by atoms with Crippen LogP contribution in [0.15, 0.2) is 76.4 Å². The van der Waals surface area contributed by atoms with Crippen molar-refractivity contribution in [3.63, 3.8) is 0 Å². The molecule has 0 atom stereocenters. The summed E-state index contributed by atoms with van der Waals surface area (Å²) in [7, 11) is -3.87. The number of anilines is 1. The van der Waals surface area contributed by atoms with Crippen LogP contribution in [0, 0.1) is 17.1 Å². The Hall–Kier alpha value is -4.29. The van der Waals surface area contributed by atoms with Crippen LogP contribution in [-0.2, 0) is 21.0 Å². The van der Waals surface area contributed by atoms with Crippen LogP contribution in [0.4, 0.5) is 23.2 Å². The molecule has 2 heterocycles. The molecule has 0 bridgehead atoms. The normalized spacial score (nSPS) is 15.3. The van der Waals surface area contributed by atoms with E-state index in [2.05, 4.69) is 5.32 Å². The molecular formula is C31H23ClF4N4O4S2. The van der Waals surface area contributed by atoms with Gasteiger partial charge in [-0.3, -0.25) is 14.2 Å². The van der Waals surface area contributed by atoms with Gasteiger partial charge in [0.1, 0.15) is 16.5 Å². The van der Waals surface area contributed by atoms with Gasteiger partial charge in [0.25, 0.3) is 11.5 Å². The van der Waals surface area contributed by atoms with Crippen LogP contribution in [0.25, 0.3) is 17.3 Å². The average Bonchev–Trinajstić information content (AvgIpc) is 3.34. The molecule has 1 saturated heterocycles. The number of halogens is 5. The van der Waals surface area contributed by atoms with Crippen LogP contribution in [0.3, 0.4) is 0 Å². The van der Waals surface area contributed by atoms with E-state index in [9.17, 15) is 40.8 Å². The van der Waals surface area contributed by atoms with Gasteiger partial charge in [-0.25, -0.2) is 12.8 Å². The third-order valence-electron chi connectivity index (χ3n) is 7.13. The number of thiazole rings is 1. The summed E-state index contributed by atoms with van der Waals surface area (Å²) >= 11 is 6.69. The molecule has 3 aromatic carbocycles. The predicted octanol–water partition coefficient (Wildman–Crippen LogP) is 5.03. The maximum absolute atomic E-state index is 14.6. The van der Waals surface area contributed by atoms with Crippen molar-refractivity contribution in [3.05, 3.63) is 108 Å². The summed E-state index contributed by atoms with van der Waals surface area (Å²) in [5.74, 6) is -1.85. The number of piperidine rings is 1. The van der Waals surface area contributed by atoms with Crippen molar-refractivity contribution < 1.29 is 30.8 Å². The lowest BCUT2D eigenvalue weighted by molar-refractivity contribution is -0.137. The second-order valence-electron chi connectivity index (χ2n) is 10.2. The number of nitriles is 1. The van der Waals surface area contributed by atoms with Crippen molar-refractivity contribution in [2.75, 3.05) is 18.4 Å². The van der Waals surface area contributed by atoms with Crippen molar-refractivity contribution in [1.82, 2.24) is 8.87 Å². The number of aromatic nitrogens is 1. The van der Waals surface area contributed by atoms with Crippen LogP contribution in [0.5, 0.6) is 0 Å². The molecule has 0 aliphatic carbocycles. The van der Waals surface area contributed by atoms with Gasteiger partial charge >= 0.3 is 6.18 Å². The zero-order valence-corrected chi connectivity index (χ0v) is 26.0. The van der Waals surface area contributed by atoms with Gasteiger partial charge in [-0.2, -0.15) is 22.7 Å². The van der Waals surface area contributed by atoms with E-state index in [1.54, 1.807) is 6.07 Å². The minimum Gasteiger partial charge on any atom is -0.321 e. The molecule has 46 heavy (non-hydrogen) atoms. The van der Waals surface area contributed by atoms with Gasteiger partial charge in [-0.05, 0) is 67.4 Å². The Labute approximate surface area is 269 Å². The number of carbonyl (C=O) groups excluding carboxylic acids is 1. The van der Waals surface area contributed by atoms with Gasteiger partial charge in [0.05, 0.1) is 25.7 Å². The Kier molecular flexibility index (Phi) is 9.50. The van der Waals surface area contributed by atoms with Crippen LogP contribution < -0.4 is 20.1 Å². The molecule has 0 saturated carbocycles. The topological polar surface area (TPSA) is 112 Å². The molecule has 5 rings (SSSR count). The lowest BCUT2D eigenvalue weighted by atomic mass is 10.2. The molecule has 15 heteroatoms. The third-order valence-corrected chi connectivity index (χ3v) is 10.4. The zero-order valence-electron chi connectivity index (χ0n) is 23.6. The average molecular weight is 691 g/mol. The van der Waals surface area contributed by atoms with Crippen molar-refractivity contribution in [2.24, 2.45) is 0 Å². The number of carbonyl (C=O) groups is 1. The molecule has 1 N–H and O–H groups in total. The fraction of sp³-hybridized carbons (Fsp3) is 0.194. The Morgan fingerprint density at radius 3 is 2.39 bits per heavy atom. The molecule has 0 radical (unpaired) electrons. The summed E-state index contributed by atoms with van der Waals surface area (Å²) in [4.78, 5) is 27.1. The number of alkyl halides is 3. The van der Waals surface area contributed by atoms with Crippen molar-refractivity contribution in [1.29, 1.82) is 5.26 Å². The van der Waals surface area contributed by atoms with Gasteiger partial charge < -0.3 is 5.32 Å². The number of nitrogens with zero attached hydrogens (tertiary/aromatic N) is 3. The molecule has 1 amide bonds. The molecule has 4 aromatic rings. The molecule has 0 spiro atoms. The number of sulfonamides is 1. The van der Waals surface area contributed by atoms with E-state index in [0.29, 0.717) is 43.3 Å². The second-order valence-corrected chi connectivity index (χ2v) is 13.5. The lowest BCUT2D eigenvalue weighted by Crippen LogP contribution is -2.35. The molecule has 1 aromatic heterocycles. The smallest absolute Gasteiger partial charge is 0.321 e. The summed E-state index contributed by atoms with van der Waals surface area (Å²) in [6, 6.07) is 14.6. The Balaban J connectivity index is 1.66. The summed E-state index contributed by atoms with van der Waals surface area (Å²) in [5.41, 5.74) is -3.16. The highest BCUT2D eigenvalue weighted by Gasteiger charge is 2.31. The van der Waals surface area contributed by atoms with E-state index < -0.39 is 44.6 Å². The highest BCUT2D eigenvalue weighted by Crippen LogP contribution is 2.30. The first-order valence-corrected chi connectivity index (χ1v) is 16.4. The first-order chi connectivity index (χ1) is 21.8. The summed E-state index contributed by atoms with van der Waals surface area (Å²) in [5, 5.41) is 12.5. The van der Waals surface area contributed by atoms with Crippen LogP contribution in [0.1, 0.15) is 30.4 Å². The van der Waals surface area contributed by atoms with Gasteiger partial charge in [0, 0.05) is 24.3 Å². The largest absolute Gasteiger partial charge is 0.416 e. The first kappa shape index (κ1) is 33.1. The van der Waals surface area contributed by atoms with Crippen LogP contribution >= 0.6 is 22.9 Å². The predicted molar refractivity (Wildman–Crippen MR) is 166 cm³/mol. The fourth-order valence-electron chi connectivity index (χ4n) is 4.86. The molecular weight excluding hydrogens is 668 g/mol. The number of amides is 1. The van der Waals surface area contributed by atoms with Gasteiger partial charge in [0.15, 0.2) is 5.57 Å². The monoisotopic (exact) mass is 690 g/mol. The molecule has 238 valence electrons. The van der Waals surface area contributed by atoms with Crippen LogP contribution in [-0.4, -0.2) is 36.3 Å². The van der Waals surface area contributed by atoms with Gasteiger partial charge in [-0.15, -0.1) is 11.3 Å². The number of hydrogen-bond donors (Lipinski definition) is 1. The highest BCUT2D eigenvalue weighted by molar-refractivity contribution is 7.89. The molecule has 1 fully saturated rings. The SMILES string of the molecule is N#CC(C(=O)Nc1cccc(S(=O)(=O)N2CCCCC2)c1)=c1sc(=Cc2c(F)cccc2Cl)c(=O)n1-c1cccc(C(F)(F)F)c1. The number of benzene rings is 3. The number of nitrogens with one attached hydrogen (secondary N) is 1. The van der Waals surface area contributed by atoms with E-state index in [1.165, 1.54) is 46.8 Å². The van der Waals surface area contributed by atoms with E-state index in [1.807, 2.05) is 0 Å². The second kappa shape index (κ2) is 13.2. The quantitative estimate of drug-likeness (QED) is 0.286. The number of rotatable bonds is 6. The Morgan fingerprint density at radius 2 is 1.72 bits per heavy atom. The molecule has 0 unspecified atom stereocenters. The zero-order chi connectivity index (χ0) is 33.2. The maximum Gasteiger partial charge on any atom is 0.416 e. The van der Waals surface area contributed by atoms with Crippen molar-refractivity contribution >= 4 is 56.2 Å².